The summed E-state index contributed by atoms with van der Waals surface area (Å²) < 4.78 is 30.7. The summed E-state index contributed by atoms with van der Waals surface area (Å²) in [5, 5.41) is 19.4. The minimum atomic E-state index is -2.96. The Labute approximate surface area is 146 Å². The molecule has 3 rings (SSSR count). The van der Waals surface area contributed by atoms with Crippen LogP contribution in [0.5, 0.6) is 5.75 Å². The molecule has 0 saturated heterocycles. The van der Waals surface area contributed by atoms with E-state index in [0.717, 1.165) is 17.4 Å². The standard InChI is InChI=1S/C17H15F2N3O4/c18-16(19)26-13-5-1-10(2-6-13)14(23)9-22-15(24)11(7-20)8-21(17(22)25)12-3-4-12/h1-2,5-6,8,12,14,16,23H,3-4,9H2/t14-/m0/s1. The highest BCUT2D eigenvalue weighted by atomic mass is 19.3. The Morgan fingerprint density at radius 2 is 1.92 bits per heavy atom. The zero-order chi connectivity index (χ0) is 18.8. The van der Waals surface area contributed by atoms with E-state index in [9.17, 15) is 23.5 Å². The van der Waals surface area contributed by atoms with E-state index in [-0.39, 0.29) is 23.9 Å². The van der Waals surface area contributed by atoms with Gasteiger partial charge in [0.05, 0.1) is 12.6 Å². The van der Waals surface area contributed by atoms with Gasteiger partial charge in [-0.1, -0.05) is 12.1 Å². The quantitative estimate of drug-likeness (QED) is 0.840. The van der Waals surface area contributed by atoms with Crippen LogP contribution in [0.4, 0.5) is 8.78 Å². The number of halogens is 2. The number of ether oxygens (including phenoxy) is 1. The summed E-state index contributed by atoms with van der Waals surface area (Å²) in [4.78, 5) is 24.8. The smallest absolute Gasteiger partial charge is 0.387 e. The molecule has 0 spiro atoms. The van der Waals surface area contributed by atoms with Crippen LogP contribution in [0.25, 0.3) is 0 Å². The first-order valence-corrected chi connectivity index (χ1v) is 7.89. The highest BCUT2D eigenvalue weighted by Crippen LogP contribution is 2.33. The molecule has 1 aromatic heterocycles. The first-order valence-electron chi connectivity index (χ1n) is 7.89. The number of aliphatic hydroxyl groups is 1. The first kappa shape index (κ1) is 17.8. The molecule has 1 heterocycles. The monoisotopic (exact) mass is 363 g/mol. The minimum Gasteiger partial charge on any atom is -0.435 e. The lowest BCUT2D eigenvalue weighted by atomic mass is 10.1. The van der Waals surface area contributed by atoms with Gasteiger partial charge in [0.1, 0.15) is 17.4 Å². The first-order chi connectivity index (χ1) is 12.4. The third-order valence-corrected chi connectivity index (χ3v) is 4.10. The van der Waals surface area contributed by atoms with Gasteiger partial charge in [-0.25, -0.2) is 4.79 Å². The van der Waals surface area contributed by atoms with Gasteiger partial charge in [0.25, 0.3) is 5.56 Å². The van der Waals surface area contributed by atoms with Gasteiger partial charge in [0, 0.05) is 12.2 Å². The molecule has 2 aromatic rings. The summed E-state index contributed by atoms with van der Waals surface area (Å²) in [6, 6.07) is 6.95. The zero-order valence-electron chi connectivity index (χ0n) is 13.5. The van der Waals surface area contributed by atoms with Crippen molar-refractivity contribution in [2.24, 2.45) is 0 Å². The summed E-state index contributed by atoms with van der Waals surface area (Å²) in [6.07, 6.45) is 1.60. The van der Waals surface area contributed by atoms with Crippen molar-refractivity contribution in [2.45, 2.75) is 38.1 Å². The predicted octanol–water partition coefficient (Wildman–Crippen LogP) is 1.55. The molecule has 9 heteroatoms. The van der Waals surface area contributed by atoms with Crippen molar-refractivity contribution >= 4 is 0 Å². The van der Waals surface area contributed by atoms with Crippen molar-refractivity contribution in [3.8, 4) is 11.8 Å². The number of hydrogen-bond acceptors (Lipinski definition) is 5. The molecular weight excluding hydrogens is 348 g/mol. The van der Waals surface area contributed by atoms with Crippen molar-refractivity contribution < 1.29 is 18.6 Å². The number of nitriles is 1. The average molecular weight is 363 g/mol. The maximum absolute atomic E-state index is 12.5. The number of alkyl halides is 2. The van der Waals surface area contributed by atoms with Crippen molar-refractivity contribution in [3.05, 3.63) is 62.4 Å². The number of aromatic nitrogens is 2. The molecule has 1 aliphatic rings. The van der Waals surface area contributed by atoms with E-state index >= 15 is 0 Å². The molecule has 1 aromatic carbocycles. The summed E-state index contributed by atoms with van der Waals surface area (Å²) in [5.74, 6) is -0.0734. The average Bonchev–Trinajstić information content (AvgIpc) is 3.44. The second-order valence-electron chi connectivity index (χ2n) is 5.95. The molecule has 1 aliphatic carbocycles. The Bertz CT molecular complexity index is 956. The SMILES string of the molecule is N#Cc1cn(C2CC2)c(=O)n(C[C@H](O)c2ccc(OC(F)F)cc2)c1=O. The Balaban J connectivity index is 1.88. The molecule has 0 radical (unpaired) electrons. The molecule has 1 N–H and O–H groups in total. The number of rotatable bonds is 6. The molecule has 26 heavy (non-hydrogen) atoms. The van der Waals surface area contributed by atoms with Gasteiger partial charge in [0.2, 0.25) is 0 Å². The van der Waals surface area contributed by atoms with Crippen LogP contribution in [0, 0.1) is 11.3 Å². The third-order valence-electron chi connectivity index (χ3n) is 4.10. The van der Waals surface area contributed by atoms with Gasteiger partial charge in [-0.3, -0.25) is 13.9 Å². The van der Waals surface area contributed by atoms with Gasteiger partial charge >= 0.3 is 12.3 Å². The molecule has 0 aliphatic heterocycles. The van der Waals surface area contributed by atoms with Gasteiger partial charge in [-0.15, -0.1) is 0 Å². The van der Waals surface area contributed by atoms with Crippen LogP contribution in [-0.2, 0) is 6.54 Å². The number of hydrogen-bond donors (Lipinski definition) is 1. The van der Waals surface area contributed by atoms with Crippen molar-refractivity contribution in [1.29, 1.82) is 5.26 Å². The number of benzene rings is 1. The van der Waals surface area contributed by atoms with Crippen LogP contribution >= 0.6 is 0 Å². The summed E-state index contributed by atoms with van der Waals surface area (Å²) >= 11 is 0. The van der Waals surface area contributed by atoms with E-state index in [4.69, 9.17) is 5.26 Å². The zero-order valence-corrected chi connectivity index (χ0v) is 13.5. The van der Waals surface area contributed by atoms with Crippen LogP contribution in [0.3, 0.4) is 0 Å². The van der Waals surface area contributed by atoms with Crippen LogP contribution in [0.15, 0.2) is 40.1 Å². The lowest BCUT2D eigenvalue weighted by Gasteiger charge is -2.15. The molecule has 7 nitrogen and oxygen atoms in total. The van der Waals surface area contributed by atoms with E-state index in [1.165, 1.54) is 35.0 Å². The molecule has 1 fully saturated rings. The molecule has 1 atom stereocenters. The highest BCUT2D eigenvalue weighted by Gasteiger charge is 2.27. The maximum atomic E-state index is 12.5. The minimum absolute atomic E-state index is 0.0376. The van der Waals surface area contributed by atoms with Gasteiger partial charge in [-0.05, 0) is 30.5 Å². The van der Waals surface area contributed by atoms with Gasteiger partial charge < -0.3 is 9.84 Å². The van der Waals surface area contributed by atoms with Crippen LogP contribution in [-0.4, -0.2) is 20.9 Å². The molecule has 0 unspecified atom stereocenters. The molecule has 0 amide bonds. The number of nitrogens with zero attached hydrogens (tertiary/aromatic N) is 3. The summed E-state index contributed by atoms with van der Waals surface area (Å²) in [5.41, 5.74) is -1.22. The normalized spacial score (nSPS) is 14.9. The van der Waals surface area contributed by atoms with Crippen LogP contribution in [0.2, 0.25) is 0 Å². The Hall–Kier alpha value is -2.99. The van der Waals surface area contributed by atoms with Crippen LogP contribution in [0.1, 0.15) is 36.1 Å². The number of aliphatic hydroxyl groups excluding tert-OH is 1. The van der Waals surface area contributed by atoms with Gasteiger partial charge in [0.15, 0.2) is 0 Å². The second kappa shape index (κ2) is 7.09. The maximum Gasteiger partial charge on any atom is 0.387 e. The molecule has 0 bridgehead atoms. The Morgan fingerprint density at radius 3 is 2.46 bits per heavy atom. The molecule has 136 valence electrons. The third kappa shape index (κ3) is 3.65. The lowest BCUT2D eigenvalue weighted by Crippen LogP contribution is -2.41. The fraction of sp³-hybridized carbons (Fsp3) is 0.353. The van der Waals surface area contributed by atoms with Gasteiger partial charge in [-0.2, -0.15) is 14.0 Å². The van der Waals surface area contributed by atoms with Crippen molar-refractivity contribution in [3.63, 3.8) is 0 Å². The van der Waals surface area contributed by atoms with Crippen molar-refractivity contribution in [2.75, 3.05) is 0 Å². The fourth-order valence-corrected chi connectivity index (χ4v) is 2.62. The Kier molecular flexibility index (Phi) is 4.86. The van der Waals surface area contributed by atoms with E-state index in [0.29, 0.717) is 5.56 Å². The fourth-order valence-electron chi connectivity index (χ4n) is 2.62. The van der Waals surface area contributed by atoms with Crippen LogP contribution < -0.4 is 16.0 Å². The second-order valence-corrected chi connectivity index (χ2v) is 5.95. The van der Waals surface area contributed by atoms with Crippen molar-refractivity contribution in [1.82, 2.24) is 9.13 Å². The largest absolute Gasteiger partial charge is 0.435 e. The summed E-state index contributed by atoms with van der Waals surface area (Å²) in [6.45, 7) is -3.31. The van der Waals surface area contributed by atoms with E-state index in [2.05, 4.69) is 4.74 Å². The molecular formula is C17H15F2N3O4. The topological polar surface area (TPSA) is 97.2 Å². The van der Waals surface area contributed by atoms with E-state index in [1.54, 1.807) is 6.07 Å². The summed E-state index contributed by atoms with van der Waals surface area (Å²) in [7, 11) is 0. The van der Waals surface area contributed by atoms with E-state index < -0.39 is 24.0 Å². The molecule has 1 saturated carbocycles. The Morgan fingerprint density at radius 1 is 1.27 bits per heavy atom. The highest BCUT2D eigenvalue weighted by molar-refractivity contribution is 5.29. The van der Waals surface area contributed by atoms with E-state index in [1.807, 2.05) is 0 Å². The predicted molar refractivity (Wildman–Crippen MR) is 86.0 cm³/mol. The lowest BCUT2D eigenvalue weighted by molar-refractivity contribution is -0.0498.